The Bertz CT molecular complexity index is 248. The number of carboxylic acids is 1. The third-order valence-corrected chi connectivity index (χ3v) is 3.31. The maximum atomic E-state index is 11.0. The molecule has 1 heterocycles. The number of hydrogen-bond donors (Lipinski definition) is 1. The van der Waals surface area contributed by atoms with Gasteiger partial charge >= 0.3 is 5.97 Å². The average molecular weight is 244 g/mol. The highest BCUT2D eigenvalue weighted by Crippen LogP contribution is 2.15. The van der Waals surface area contributed by atoms with E-state index in [0.717, 1.165) is 13.1 Å². The van der Waals surface area contributed by atoms with Crippen LogP contribution in [0.15, 0.2) is 0 Å². The summed E-state index contributed by atoms with van der Waals surface area (Å²) in [6.07, 6.45) is 1.73. The van der Waals surface area contributed by atoms with Crippen LogP contribution < -0.4 is 0 Å². The minimum atomic E-state index is -0.876. The molecular formula is C12H24N2O3. The van der Waals surface area contributed by atoms with Crippen molar-refractivity contribution in [2.24, 2.45) is 0 Å². The van der Waals surface area contributed by atoms with Crippen molar-refractivity contribution in [3.05, 3.63) is 0 Å². The standard InChI is InChI=1S/C12H24N2O3/c1-4-17-11(12(15)16)9-13(2)8-10-6-5-7-14(10)3/h10-11H,4-9H2,1-3H3,(H,15,16). The Morgan fingerprint density at radius 1 is 1.65 bits per heavy atom. The largest absolute Gasteiger partial charge is 0.479 e. The predicted molar refractivity (Wildman–Crippen MR) is 66.2 cm³/mol. The van der Waals surface area contributed by atoms with E-state index in [1.165, 1.54) is 12.8 Å². The van der Waals surface area contributed by atoms with Gasteiger partial charge in [0.1, 0.15) is 0 Å². The van der Waals surface area contributed by atoms with Gasteiger partial charge in [-0.05, 0) is 40.4 Å². The lowest BCUT2D eigenvalue weighted by molar-refractivity contribution is -0.151. The summed E-state index contributed by atoms with van der Waals surface area (Å²) in [7, 11) is 4.09. The predicted octanol–water partition coefficient (Wildman–Crippen LogP) is 0.502. The van der Waals surface area contributed by atoms with Crippen LogP contribution in [0.3, 0.4) is 0 Å². The lowest BCUT2D eigenvalue weighted by Gasteiger charge is -2.27. The van der Waals surface area contributed by atoms with Crippen LogP contribution in [0.2, 0.25) is 0 Å². The third-order valence-electron chi connectivity index (χ3n) is 3.31. The van der Waals surface area contributed by atoms with Crippen molar-refractivity contribution in [3.63, 3.8) is 0 Å². The maximum absolute atomic E-state index is 11.0. The van der Waals surface area contributed by atoms with Gasteiger partial charge in [0, 0.05) is 25.7 Å². The topological polar surface area (TPSA) is 53.0 Å². The zero-order chi connectivity index (χ0) is 12.8. The molecule has 0 spiro atoms. The van der Waals surface area contributed by atoms with Gasteiger partial charge in [-0.2, -0.15) is 0 Å². The van der Waals surface area contributed by atoms with Crippen LogP contribution in [0, 0.1) is 0 Å². The SMILES string of the molecule is CCOC(CN(C)CC1CCCN1C)C(=O)O. The molecule has 0 amide bonds. The van der Waals surface area contributed by atoms with Crippen LogP contribution in [0.1, 0.15) is 19.8 Å². The van der Waals surface area contributed by atoms with Crippen LogP contribution in [0.4, 0.5) is 0 Å². The van der Waals surface area contributed by atoms with Crippen molar-refractivity contribution in [1.82, 2.24) is 9.80 Å². The van der Waals surface area contributed by atoms with Crippen molar-refractivity contribution < 1.29 is 14.6 Å². The molecule has 2 atom stereocenters. The summed E-state index contributed by atoms with van der Waals surface area (Å²) in [4.78, 5) is 15.4. The number of carbonyl (C=O) groups is 1. The van der Waals surface area contributed by atoms with E-state index < -0.39 is 12.1 Å². The first-order chi connectivity index (χ1) is 8.04. The van der Waals surface area contributed by atoms with Gasteiger partial charge in [-0.15, -0.1) is 0 Å². The second-order valence-corrected chi connectivity index (χ2v) is 4.78. The van der Waals surface area contributed by atoms with E-state index in [1.807, 2.05) is 14.0 Å². The van der Waals surface area contributed by atoms with Crippen molar-refractivity contribution in [2.75, 3.05) is 40.3 Å². The summed E-state index contributed by atoms with van der Waals surface area (Å²) in [5.74, 6) is -0.876. The summed E-state index contributed by atoms with van der Waals surface area (Å²) < 4.78 is 5.21. The molecule has 0 aromatic heterocycles. The molecule has 1 aliphatic heterocycles. The molecule has 0 bridgehead atoms. The number of aliphatic carboxylic acids is 1. The molecule has 17 heavy (non-hydrogen) atoms. The van der Waals surface area contributed by atoms with Crippen molar-refractivity contribution in [1.29, 1.82) is 0 Å². The number of hydrogen-bond acceptors (Lipinski definition) is 4. The molecule has 0 aromatic rings. The average Bonchev–Trinajstić information content (AvgIpc) is 2.63. The molecule has 1 rings (SSSR count). The molecule has 1 N–H and O–H groups in total. The Morgan fingerprint density at radius 2 is 2.35 bits per heavy atom. The van der Waals surface area contributed by atoms with Gasteiger partial charge in [-0.1, -0.05) is 0 Å². The van der Waals surface area contributed by atoms with Crippen LogP contribution in [-0.4, -0.2) is 73.4 Å². The monoisotopic (exact) mass is 244 g/mol. The molecule has 5 nitrogen and oxygen atoms in total. The first-order valence-corrected chi connectivity index (χ1v) is 6.27. The number of rotatable bonds is 7. The van der Waals surface area contributed by atoms with Gasteiger partial charge in [0.25, 0.3) is 0 Å². The summed E-state index contributed by atoms with van der Waals surface area (Å²) in [5, 5.41) is 9.00. The number of carboxylic acid groups (broad SMARTS) is 1. The molecule has 5 heteroatoms. The first kappa shape index (κ1) is 14.4. The molecule has 1 saturated heterocycles. The van der Waals surface area contributed by atoms with Crippen molar-refractivity contribution >= 4 is 5.97 Å². The van der Waals surface area contributed by atoms with E-state index in [4.69, 9.17) is 9.84 Å². The van der Waals surface area contributed by atoms with Gasteiger partial charge in [0.2, 0.25) is 0 Å². The fourth-order valence-electron chi connectivity index (χ4n) is 2.33. The van der Waals surface area contributed by atoms with E-state index in [-0.39, 0.29) is 0 Å². The van der Waals surface area contributed by atoms with Gasteiger partial charge in [0.05, 0.1) is 0 Å². The molecule has 0 saturated carbocycles. The zero-order valence-corrected chi connectivity index (χ0v) is 11.1. The number of likely N-dealkylation sites (tertiary alicyclic amines) is 1. The summed E-state index contributed by atoms with van der Waals surface area (Å²) in [6, 6.07) is 0.552. The van der Waals surface area contributed by atoms with E-state index in [1.54, 1.807) is 0 Å². The fourth-order valence-corrected chi connectivity index (χ4v) is 2.33. The summed E-state index contributed by atoms with van der Waals surface area (Å²) in [6.45, 7) is 4.77. The summed E-state index contributed by atoms with van der Waals surface area (Å²) in [5.41, 5.74) is 0. The highest BCUT2D eigenvalue weighted by Gasteiger charge is 2.25. The quantitative estimate of drug-likeness (QED) is 0.707. The normalized spacial score (nSPS) is 23.2. The summed E-state index contributed by atoms with van der Waals surface area (Å²) >= 11 is 0. The molecule has 0 aliphatic carbocycles. The Morgan fingerprint density at radius 3 is 2.82 bits per heavy atom. The molecule has 1 fully saturated rings. The lowest BCUT2D eigenvalue weighted by atomic mass is 10.2. The molecule has 2 unspecified atom stereocenters. The van der Waals surface area contributed by atoms with Crippen LogP contribution >= 0.6 is 0 Å². The second kappa shape index (κ2) is 6.93. The minimum absolute atomic E-state index is 0.439. The minimum Gasteiger partial charge on any atom is -0.479 e. The lowest BCUT2D eigenvalue weighted by Crippen LogP contribution is -2.42. The number of ether oxygens (including phenoxy) is 1. The molecule has 0 radical (unpaired) electrons. The fraction of sp³-hybridized carbons (Fsp3) is 0.917. The third kappa shape index (κ3) is 4.61. The Balaban J connectivity index is 2.36. The smallest absolute Gasteiger partial charge is 0.334 e. The van der Waals surface area contributed by atoms with Gasteiger partial charge < -0.3 is 19.6 Å². The molecular weight excluding hydrogens is 220 g/mol. The number of nitrogens with zero attached hydrogens (tertiary/aromatic N) is 2. The molecule has 100 valence electrons. The highest BCUT2D eigenvalue weighted by atomic mass is 16.5. The van der Waals surface area contributed by atoms with Gasteiger partial charge in [-0.25, -0.2) is 4.79 Å². The van der Waals surface area contributed by atoms with E-state index in [2.05, 4.69) is 16.8 Å². The highest BCUT2D eigenvalue weighted by molar-refractivity contribution is 5.72. The van der Waals surface area contributed by atoms with E-state index >= 15 is 0 Å². The Hall–Kier alpha value is -0.650. The molecule has 1 aliphatic rings. The van der Waals surface area contributed by atoms with E-state index in [9.17, 15) is 4.79 Å². The van der Waals surface area contributed by atoms with E-state index in [0.29, 0.717) is 19.2 Å². The van der Waals surface area contributed by atoms with Crippen LogP contribution in [-0.2, 0) is 9.53 Å². The second-order valence-electron chi connectivity index (χ2n) is 4.78. The maximum Gasteiger partial charge on any atom is 0.334 e. The van der Waals surface area contributed by atoms with Gasteiger partial charge in [-0.3, -0.25) is 0 Å². The Kier molecular flexibility index (Phi) is 5.88. The Labute approximate surface area is 103 Å². The zero-order valence-electron chi connectivity index (χ0n) is 11.1. The van der Waals surface area contributed by atoms with Crippen molar-refractivity contribution in [2.45, 2.75) is 31.9 Å². The van der Waals surface area contributed by atoms with Crippen molar-refractivity contribution in [3.8, 4) is 0 Å². The van der Waals surface area contributed by atoms with Crippen LogP contribution in [0.5, 0.6) is 0 Å². The van der Waals surface area contributed by atoms with Gasteiger partial charge in [0.15, 0.2) is 6.10 Å². The molecule has 0 aromatic carbocycles. The van der Waals surface area contributed by atoms with Crippen LogP contribution in [0.25, 0.3) is 0 Å². The first-order valence-electron chi connectivity index (χ1n) is 6.27. The number of likely N-dealkylation sites (N-methyl/N-ethyl adjacent to an activating group) is 2.